The number of furan rings is 1. The van der Waals surface area contributed by atoms with Gasteiger partial charge in [-0.1, -0.05) is 0 Å². The van der Waals surface area contributed by atoms with Gasteiger partial charge in [-0.2, -0.15) is 0 Å². The second-order valence-electron chi connectivity index (χ2n) is 5.98. The van der Waals surface area contributed by atoms with Crippen LogP contribution in [0.3, 0.4) is 0 Å². The van der Waals surface area contributed by atoms with Crippen molar-refractivity contribution in [2.45, 2.75) is 37.1 Å². The number of nitrogens with one attached hydrogen (secondary N) is 2. The monoisotopic (exact) mass is 360 g/mol. The molecule has 0 radical (unpaired) electrons. The number of methoxy groups -OCH3 is 2. The number of hydrogen-bond donors (Lipinski definition) is 2. The molecule has 1 unspecified atom stereocenters. The second-order valence-corrected chi connectivity index (χ2v) is 7.68. The Morgan fingerprint density at radius 3 is 2.58 bits per heavy atom. The molecule has 1 saturated heterocycles. The van der Waals surface area contributed by atoms with Crippen LogP contribution in [0.15, 0.2) is 9.31 Å². The maximum Gasteiger partial charge on any atom is 0.342 e. The van der Waals surface area contributed by atoms with Gasteiger partial charge in [0.05, 0.1) is 19.3 Å². The predicted molar refractivity (Wildman–Crippen MR) is 86.6 cm³/mol. The fourth-order valence-electron chi connectivity index (χ4n) is 3.10. The molecule has 0 bridgehead atoms. The molecule has 2 heterocycles. The number of aryl methyl sites for hydroxylation is 2. The van der Waals surface area contributed by atoms with E-state index in [-0.39, 0.29) is 28.5 Å². The number of carbonyl (C=O) groups excluding carboxylic acids is 1. The van der Waals surface area contributed by atoms with Crippen LogP contribution in [0.5, 0.6) is 0 Å². The van der Waals surface area contributed by atoms with Crippen LogP contribution in [-0.4, -0.2) is 53.8 Å². The molecule has 1 aliphatic heterocycles. The molecule has 0 aliphatic carbocycles. The molecular weight excluding hydrogens is 336 g/mol. The van der Waals surface area contributed by atoms with E-state index in [1.54, 1.807) is 7.11 Å². The van der Waals surface area contributed by atoms with E-state index < -0.39 is 21.5 Å². The van der Waals surface area contributed by atoms with Gasteiger partial charge in [-0.05, 0) is 33.2 Å². The minimum Gasteiger partial charge on any atom is -0.465 e. The molecule has 1 aliphatic rings. The molecule has 1 aromatic heterocycles. The van der Waals surface area contributed by atoms with Crippen LogP contribution in [0.4, 0.5) is 0 Å². The van der Waals surface area contributed by atoms with Crippen LogP contribution in [-0.2, 0) is 19.5 Å². The summed E-state index contributed by atoms with van der Waals surface area (Å²) in [6.45, 7) is 4.40. The lowest BCUT2D eigenvalue weighted by Gasteiger charge is -2.28. The van der Waals surface area contributed by atoms with Crippen molar-refractivity contribution in [3.8, 4) is 0 Å². The van der Waals surface area contributed by atoms with Gasteiger partial charge < -0.3 is 19.2 Å². The lowest BCUT2D eigenvalue weighted by molar-refractivity contribution is 0.0595. The zero-order valence-corrected chi connectivity index (χ0v) is 15.2. The summed E-state index contributed by atoms with van der Waals surface area (Å²) in [5.74, 6) is -0.374. The maximum atomic E-state index is 12.8. The van der Waals surface area contributed by atoms with Gasteiger partial charge in [0.15, 0.2) is 0 Å². The molecule has 1 atom stereocenters. The summed E-state index contributed by atoms with van der Waals surface area (Å²) >= 11 is 0. The summed E-state index contributed by atoms with van der Waals surface area (Å²) in [6, 6.07) is 0. The van der Waals surface area contributed by atoms with Crippen LogP contribution >= 0.6 is 0 Å². The maximum absolute atomic E-state index is 12.8. The summed E-state index contributed by atoms with van der Waals surface area (Å²) in [5.41, 5.74) is -0.511. The number of hydrogen-bond acceptors (Lipinski definition) is 7. The summed E-state index contributed by atoms with van der Waals surface area (Å²) < 4.78 is 43.3. The molecule has 1 aromatic rings. The van der Waals surface area contributed by atoms with E-state index in [1.165, 1.54) is 21.0 Å². The fraction of sp³-hybridized carbons (Fsp3) is 0.667. The van der Waals surface area contributed by atoms with Crippen molar-refractivity contribution in [3.63, 3.8) is 0 Å². The second kappa shape index (κ2) is 7.22. The van der Waals surface area contributed by atoms with Crippen molar-refractivity contribution in [1.29, 1.82) is 0 Å². The van der Waals surface area contributed by atoms with Crippen LogP contribution in [0.1, 0.15) is 34.7 Å². The molecule has 24 heavy (non-hydrogen) atoms. The lowest BCUT2D eigenvalue weighted by atomic mass is 9.99. The third-order valence-electron chi connectivity index (χ3n) is 4.22. The van der Waals surface area contributed by atoms with Crippen molar-refractivity contribution in [3.05, 3.63) is 17.1 Å². The van der Waals surface area contributed by atoms with Crippen molar-refractivity contribution in [2.75, 3.05) is 33.9 Å². The Morgan fingerprint density at radius 2 is 2.04 bits per heavy atom. The zero-order chi connectivity index (χ0) is 18.0. The minimum absolute atomic E-state index is 0.0670. The van der Waals surface area contributed by atoms with Crippen molar-refractivity contribution in [2.24, 2.45) is 0 Å². The first-order valence-corrected chi connectivity index (χ1v) is 9.16. The molecular formula is C15H24N2O6S. The highest BCUT2D eigenvalue weighted by Gasteiger charge is 2.37. The molecule has 9 heteroatoms. The Labute approximate surface area is 141 Å². The van der Waals surface area contributed by atoms with Gasteiger partial charge in [-0.3, -0.25) is 0 Å². The van der Waals surface area contributed by atoms with Gasteiger partial charge in [-0.25, -0.2) is 17.9 Å². The van der Waals surface area contributed by atoms with Gasteiger partial charge in [0.25, 0.3) is 0 Å². The Balaban J connectivity index is 2.29. The van der Waals surface area contributed by atoms with E-state index in [0.29, 0.717) is 6.61 Å². The first-order valence-electron chi connectivity index (χ1n) is 7.68. The van der Waals surface area contributed by atoms with E-state index >= 15 is 0 Å². The minimum atomic E-state index is -3.94. The third-order valence-corrected chi connectivity index (χ3v) is 5.77. The van der Waals surface area contributed by atoms with E-state index in [9.17, 15) is 13.2 Å². The Morgan fingerprint density at radius 1 is 1.33 bits per heavy atom. The number of ether oxygens (including phenoxy) is 2. The zero-order valence-electron chi connectivity index (χ0n) is 14.4. The van der Waals surface area contributed by atoms with Gasteiger partial charge >= 0.3 is 5.97 Å². The largest absolute Gasteiger partial charge is 0.465 e. The topological polar surface area (TPSA) is 107 Å². The van der Waals surface area contributed by atoms with Crippen LogP contribution in [0, 0.1) is 13.8 Å². The van der Waals surface area contributed by atoms with Crippen LogP contribution in [0.2, 0.25) is 0 Å². The smallest absolute Gasteiger partial charge is 0.342 e. The van der Waals surface area contributed by atoms with Crippen LogP contribution in [0.25, 0.3) is 0 Å². The number of rotatable bonds is 7. The Bertz CT molecular complexity index is 704. The average Bonchev–Trinajstić information content (AvgIpc) is 3.10. The number of sulfonamides is 1. The number of esters is 1. The quantitative estimate of drug-likeness (QED) is 0.690. The molecule has 1 fully saturated rings. The van der Waals surface area contributed by atoms with Gasteiger partial charge in [0.1, 0.15) is 22.0 Å². The van der Waals surface area contributed by atoms with Gasteiger partial charge in [0.2, 0.25) is 10.0 Å². The standard InChI is InChI=1S/C15H24N2O6S/c1-10-12(14(18)22-4)13(11(2)23-10)24(19,20)17-8-15(9-21-3)6-5-7-16-15/h16-17H,5-9H2,1-4H3. The molecule has 136 valence electrons. The summed E-state index contributed by atoms with van der Waals surface area (Å²) in [6.07, 6.45) is 1.75. The molecule has 0 amide bonds. The van der Waals surface area contributed by atoms with Gasteiger partial charge in [0, 0.05) is 13.7 Å². The highest BCUT2D eigenvalue weighted by Crippen LogP contribution is 2.28. The van der Waals surface area contributed by atoms with Crippen molar-refractivity contribution in [1.82, 2.24) is 10.0 Å². The summed E-state index contributed by atoms with van der Waals surface area (Å²) in [4.78, 5) is 11.8. The Hall–Kier alpha value is -1.42. The molecule has 2 rings (SSSR count). The first-order chi connectivity index (χ1) is 11.3. The first kappa shape index (κ1) is 18.9. The fourth-order valence-corrected chi connectivity index (χ4v) is 4.63. The van der Waals surface area contributed by atoms with E-state index in [1.807, 2.05) is 0 Å². The summed E-state index contributed by atoms with van der Waals surface area (Å²) in [5, 5.41) is 3.30. The normalized spacial score (nSPS) is 21.2. The molecule has 0 aromatic carbocycles. The number of carbonyl (C=O) groups is 1. The SMILES string of the molecule is COCC1(CNS(=O)(=O)c2c(C)oc(C)c2C(=O)OC)CCCN1. The van der Waals surface area contributed by atoms with E-state index in [2.05, 4.69) is 14.8 Å². The molecule has 8 nitrogen and oxygen atoms in total. The van der Waals surface area contributed by atoms with Gasteiger partial charge in [-0.15, -0.1) is 0 Å². The molecule has 2 N–H and O–H groups in total. The molecule has 0 saturated carbocycles. The van der Waals surface area contributed by atoms with Crippen molar-refractivity contribution >= 4 is 16.0 Å². The Kier molecular flexibility index (Phi) is 5.69. The average molecular weight is 360 g/mol. The predicted octanol–water partition coefficient (Wildman–Crippen LogP) is 0.730. The van der Waals surface area contributed by atoms with Crippen molar-refractivity contribution < 1.29 is 27.1 Å². The van der Waals surface area contributed by atoms with E-state index in [0.717, 1.165) is 19.4 Å². The molecule has 0 spiro atoms. The van der Waals surface area contributed by atoms with E-state index in [4.69, 9.17) is 9.15 Å². The highest BCUT2D eigenvalue weighted by molar-refractivity contribution is 7.89. The lowest BCUT2D eigenvalue weighted by Crippen LogP contribution is -2.53. The third kappa shape index (κ3) is 3.64. The summed E-state index contributed by atoms with van der Waals surface area (Å²) in [7, 11) is -1.16. The van der Waals surface area contributed by atoms with Crippen LogP contribution < -0.4 is 10.0 Å². The highest BCUT2D eigenvalue weighted by atomic mass is 32.2.